The average Bonchev–Trinajstić information content (AvgIpc) is 3.34. The van der Waals surface area contributed by atoms with E-state index in [1.54, 1.807) is 7.11 Å². The first kappa shape index (κ1) is 17.7. The smallest absolute Gasteiger partial charge is 0.311 e. The summed E-state index contributed by atoms with van der Waals surface area (Å²) in [5.74, 6) is 1.74. The second-order valence-electron chi connectivity index (χ2n) is 6.66. The van der Waals surface area contributed by atoms with Crippen molar-refractivity contribution in [2.45, 2.75) is 18.9 Å². The third-order valence-corrected chi connectivity index (χ3v) is 5.21. The number of carbonyl (C=O) groups excluding carboxylic acids is 1. The predicted molar refractivity (Wildman–Crippen MR) is 99.2 cm³/mol. The standard InChI is InChI=1S/C21H23NO5/c1-3-25-21(23)19-16(14-6-9-17-18(10-14)27-12-26-17)11-22-20(19)13-4-7-15(24-2)8-5-13/h4-10,16,19-20,22H,3,11-12H2,1-2H3/t16?,19-,20-/m0/s1. The molecule has 3 atom stereocenters. The van der Waals surface area contributed by atoms with E-state index in [4.69, 9.17) is 18.9 Å². The zero-order valence-corrected chi connectivity index (χ0v) is 15.4. The van der Waals surface area contributed by atoms with Crippen molar-refractivity contribution in [2.75, 3.05) is 27.1 Å². The Kier molecular flexibility index (Phi) is 4.90. The van der Waals surface area contributed by atoms with Crippen LogP contribution in [-0.4, -0.2) is 33.0 Å². The predicted octanol–water partition coefficient (Wildman–Crippen LogP) is 3.03. The molecule has 0 aromatic heterocycles. The van der Waals surface area contributed by atoms with Crippen molar-refractivity contribution in [3.05, 3.63) is 53.6 Å². The molecule has 0 saturated carbocycles. The van der Waals surface area contributed by atoms with Gasteiger partial charge in [0, 0.05) is 18.5 Å². The molecule has 0 aliphatic carbocycles. The molecule has 27 heavy (non-hydrogen) atoms. The molecule has 1 N–H and O–H groups in total. The van der Waals surface area contributed by atoms with Gasteiger partial charge < -0.3 is 24.3 Å². The second kappa shape index (κ2) is 7.48. The topological polar surface area (TPSA) is 66.0 Å². The highest BCUT2D eigenvalue weighted by atomic mass is 16.7. The first-order valence-electron chi connectivity index (χ1n) is 9.14. The van der Waals surface area contributed by atoms with E-state index in [9.17, 15) is 4.79 Å². The van der Waals surface area contributed by atoms with Crippen molar-refractivity contribution in [1.29, 1.82) is 0 Å². The van der Waals surface area contributed by atoms with Crippen LogP contribution in [0.3, 0.4) is 0 Å². The summed E-state index contributed by atoms with van der Waals surface area (Å²) in [7, 11) is 1.64. The minimum Gasteiger partial charge on any atom is -0.497 e. The SMILES string of the molecule is CCOC(=O)[C@H]1C(c2ccc3c(c2)OCO3)CN[C@H]1c1ccc(OC)cc1. The summed E-state index contributed by atoms with van der Waals surface area (Å²) in [5, 5.41) is 3.50. The van der Waals surface area contributed by atoms with E-state index in [-0.39, 0.29) is 30.6 Å². The zero-order chi connectivity index (χ0) is 18.8. The van der Waals surface area contributed by atoms with E-state index < -0.39 is 0 Å². The Morgan fingerprint density at radius 2 is 1.85 bits per heavy atom. The highest BCUT2D eigenvalue weighted by molar-refractivity contribution is 5.76. The lowest BCUT2D eigenvalue weighted by molar-refractivity contribution is -0.148. The van der Waals surface area contributed by atoms with Gasteiger partial charge in [-0.1, -0.05) is 18.2 Å². The summed E-state index contributed by atoms with van der Waals surface area (Å²) in [6.07, 6.45) is 0. The average molecular weight is 369 g/mol. The normalized spacial score (nSPS) is 23.3. The van der Waals surface area contributed by atoms with Crippen molar-refractivity contribution in [3.63, 3.8) is 0 Å². The lowest BCUT2D eigenvalue weighted by Gasteiger charge is -2.23. The number of ether oxygens (including phenoxy) is 4. The van der Waals surface area contributed by atoms with Gasteiger partial charge in [0.25, 0.3) is 0 Å². The van der Waals surface area contributed by atoms with Gasteiger partial charge in [-0.2, -0.15) is 0 Å². The second-order valence-corrected chi connectivity index (χ2v) is 6.66. The van der Waals surface area contributed by atoms with Crippen LogP contribution in [0.25, 0.3) is 0 Å². The Hall–Kier alpha value is -2.73. The number of hydrogen-bond donors (Lipinski definition) is 1. The summed E-state index contributed by atoms with van der Waals surface area (Å²) in [6.45, 7) is 3.11. The molecule has 1 fully saturated rings. The Balaban J connectivity index is 1.66. The largest absolute Gasteiger partial charge is 0.497 e. The molecule has 0 radical (unpaired) electrons. The van der Waals surface area contributed by atoms with Crippen LogP contribution in [0.2, 0.25) is 0 Å². The number of hydrogen-bond acceptors (Lipinski definition) is 6. The quantitative estimate of drug-likeness (QED) is 0.818. The third-order valence-electron chi connectivity index (χ3n) is 5.21. The number of carbonyl (C=O) groups is 1. The number of rotatable bonds is 5. The monoisotopic (exact) mass is 369 g/mol. The maximum absolute atomic E-state index is 12.8. The molecule has 2 heterocycles. The van der Waals surface area contributed by atoms with Crippen LogP contribution in [0, 0.1) is 5.92 Å². The molecule has 1 unspecified atom stereocenters. The van der Waals surface area contributed by atoms with E-state index in [0.29, 0.717) is 13.2 Å². The zero-order valence-electron chi connectivity index (χ0n) is 15.4. The lowest BCUT2D eigenvalue weighted by Crippen LogP contribution is -2.27. The van der Waals surface area contributed by atoms with Crippen molar-refractivity contribution in [1.82, 2.24) is 5.32 Å². The van der Waals surface area contributed by atoms with Gasteiger partial charge in [0.15, 0.2) is 11.5 Å². The lowest BCUT2D eigenvalue weighted by atomic mass is 9.83. The minimum atomic E-state index is -0.321. The number of methoxy groups -OCH3 is 1. The van der Waals surface area contributed by atoms with Gasteiger partial charge in [-0.15, -0.1) is 0 Å². The Morgan fingerprint density at radius 1 is 1.11 bits per heavy atom. The van der Waals surface area contributed by atoms with Crippen molar-refractivity contribution in [3.8, 4) is 17.2 Å². The Morgan fingerprint density at radius 3 is 2.59 bits per heavy atom. The maximum atomic E-state index is 12.8. The van der Waals surface area contributed by atoms with Crippen molar-refractivity contribution in [2.24, 2.45) is 5.92 Å². The molecule has 2 aliphatic rings. The molecule has 2 aromatic carbocycles. The van der Waals surface area contributed by atoms with Crippen LogP contribution in [0.4, 0.5) is 0 Å². The fraction of sp³-hybridized carbons (Fsp3) is 0.381. The molecule has 2 aromatic rings. The molecule has 1 saturated heterocycles. The molecular weight excluding hydrogens is 346 g/mol. The number of esters is 1. The van der Waals surface area contributed by atoms with Crippen molar-refractivity contribution < 1.29 is 23.7 Å². The van der Waals surface area contributed by atoms with Gasteiger partial charge in [0.05, 0.1) is 19.6 Å². The van der Waals surface area contributed by atoms with E-state index in [1.807, 2.05) is 49.4 Å². The van der Waals surface area contributed by atoms with Gasteiger partial charge >= 0.3 is 5.97 Å². The van der Waals surface area contributed by atoms with Crippen LogP contribution in [0.1, 0.15) is 30.0 Å². The summed E-state index contributed by atoms with van der Waals surface area (Å²) in [6, 6.07) is 13.6. The summed E-state index contributed by atoms with van der Waals surface area (Å²) in [5.41, 5.74) is 2.08. The summed E-state index contributed by atoms with van der Waals surface area (Å²) < 4.78 is 21.6. The first-order valence-corrected chi connectivity index (χ1v) is 9.14. The van der Waals surface area contributed by atoms with Gasteiger partial charge in [-0.25, -0.2) is 0 Å². The highest BCUT2D eigenvalue weighted by Crippen LogP contribution is 2.43. The van der Waals surface area contributed by atoms with Crippen LogP contribution >= 0.6 is 0 Å². The van der Waals surface area contributed by atoms with E-state index >= 15 is 0 Å². The summed E-state index contributed by atoms with van der Waals surface area (Å²) >= 11 is 0. The first-order chi connectivity index (χ1) is 13.2. The van der Waals surface area contributed by atoms with Crippen molar-refractivity contribution >= 4 is 5.97 Å². The highest BCUT2D eigenvalue weighted by Gasteiger charge is 2.43. The molecule has 2 aliphatic heterocycles. The Labute approximate surface area is 158 Å². The molecule has 0 spiro atoms. The van der Waals surface area contributed by atoms with Crippen LogP contribution in [-0.2, 0) is 9.53 Å². The van der Waals surface area contributed by atoms with Gasteiger partial charge in [0.2, 0.25) is 6.79 Å². The number of nitrogens with one attached hydrogen (secondary N) is 1. The van der Waals surface area contributed by atoms with Gasteiger partial charge in [-0.3, -0.25) is 4.79 Å². The summed E-state index contributed by atoms with van der Waals surface area (Å²) in [4.78, 5) is 12.8. The third kappa shape index (κ3) is 3.32. The van der Waals surface area contributed by atoms with Crippen LogP contribution in [0.5, 0.6) is 17.2 Å². The number of fused-ring (bicyclic) bond motifs is 1. The fourth-order valence-electron chi connectivity index (χ4n) is 3.88. The molecular formula is C21H23NO5. The fourth-order valence-corrected chi connectivity index (χ4v) is 3.88. The van der Waals surface area contributed by atoms with E-state index in [2.05, 4.69) is 5.32 Å². The molecule has 142 valence electrons. The van der Waals surface area contributed by atoms with E-state index in [0.717, 1.165) is 28.4 Å². The minimum absolute atomic E-state index is 0.00866. The Bertz CT molecular complexity index is 820. The van der Waals surface area contributed by atoms with E-state index in [1.165, 1.54) is 0 Å². The van der Waals surface area contributed by atoms with Crippen LogP contribution < -0.4 is 19.5 Å². The van der Waals surface area contributed by atoms with Gasteiger partial charge in [-0.05, 0) is 42.3 Å². The molecule has 0 amide bonds. The molecule has 0 bridgehead atoms. The molecule has 6 heteroatoms. The van der Waals surface area contributed by atoms with Crippen LogP contribution in [0.15, 0.2) is 42.5 Å². The molecule has 4 rings (SSSR count). The maximum Gasteiger partial charge on any atom is 0.311 e. The van der Waals surface area contributed by atoms with Gasteiger partial charge in [0.1, 0.15) is 5.75 Å². The molecule has 6 nitrogen and oxygen atoms in total. The number of benzene rings is 2.